The van der Waals surface area contributed by atoms with Gasteiger partial charge in [-0.1, -0.05) is 6.08 Å². The number of alkyl halides is 1. The lowest BCUT2D eigenvalue weighted by molar-refractivity contribution is -0.152. The number of ether oxygens (including phenoxy) is 1. The van der Waals surface area contributed by atoms with Crippen LogP contribution >= 0.6 is 0 Å². The zero-order valence-electron chi connectivity index (χ0n) is 15.1. The molecule has 5 rings (SSSR count). The van der Waals surface area contributed by atoms with Crippen LogP contribution in [0.4, 0.5) is 4.39 Å². The normalized spacial score (nSPS) is 36.0. The number of aliphatic hydroxyl groups excluding tert-OH is 1. The van der Waals surface area contributed by atoms with E-state index in [1.807, 2.05) is 6.08 Å². The summed E-state index contributed by atoms with van der Waals surface area (Å²) in [5, 5.41) is 21.4. The molecule has 6 atom stereocenters. The van der Waals surface area contributed by atoms with E-state index in [-0.39, 0.29) is 17.0 Å². The zero-order chi connectivity index (χ0) is 19.3. The van der Waals surface area contributed by atoms with E-state index < -0.39 is 17.9 Å². The summed E-state index contributed by atoms with van der Waals surface area (Å²) in [6, 6.07) is 4.28. The Bertz CT molecular complexity index is 913. The molecule has 2 bridgehead atoms. The second-order valence-corrected chi connectivity index (χ2v) is 7.52. The molecule has 4 aliphatic heterocycles. The minimum absolute atomic E-state index is 0.120. The lowest BCUT2D eigenvalue weighted by Crippen LogP contribution is -2.59. The van der Waals surface area contributed by atoms with Crippen molar-refractivity contribution < 1.29 is 24.1 Å². The van der Waals surface area contributed by atoms with E-state index in [9.17, 15) is 19.4 Å². The van der Waals surface area contributed by atoms with Gasteiger partial charge in [-0.2, -0.15) is 4.39 Å². The third kappa shape index (κ3) is 2.90. The third-order valence-electron chi connectivity index (χ3n) is 6.11. The van der Waals surface area contributed by atoms with E-state index >= 15 is 0 Å². The number of carbonyl (C=O) groups excluding carboxylic acids is 1. The van der Waals surface area contributed by atoms with Crippen molar-refractivity contribution >= 4 is 11.4 Å². The van der Waals surface area contributed by atoms with Crippen LogP contribution in [-0.4, -0.2) is 59.2 Å². The van der Waals surface area contributed by atoms with Gasteiger partial charge < -0.3 is 14.9 Å². The van der Waals surface area contributed by atoms with Crippen molar-refractivity contribution in [3.05, 3.63) is 41.4 Å². The van der Waals surface area contributed by atoms with Crippen LogP contribution in [0, 0.1) is 11.8 Å². The van der Waals surface area contributed by atoms with Crippen LogP contribution in [0.2, 0.25) is 0 Å². The summed E-state index contributed by atoms with van der Waals surface area (Å²) < 4.78 is 19.7. The molecule has 3 saturated heterocycles. The van der Waals surface area contributed by atoms with Gasteiger partial charge in [0.05, 0.1) is 18.6 Å². The van der Waals surface area contributed by atoms with Gasteiger partial charge in [0, 0.05) is 23.4 Å². The summed E-state index contributed by atoms with van der Waals surface area (Å²) in [6.07, 6.45) is 2.42. The second kappa shape index (κ2) is 6.51. The monoisotopic (exact) mass is 374 g/mol. The average Bonchev–Trinajstić information content (AvgIpc) is 2.68. The number of carbonyl (C=O) groups is 1. The Labute approximate surface area is 156 Å². The minimum Gasteiger partial charge on any atom is -0.497 e. The highest BCUT2D eigenvalue weighted by atomic mass is 19.2. The van der Waals surface area contributed by atoms with Gasteiger partial charge >= 0.3 is 5.98 Å². The molecule has 27 heavy (non-hydrogen) atoms. The van der Waals surface area contributed by atoms with Crippen LogP contribution in [0.5, 0.6) is 5.75 Å². The number of fused-ring (bicyclic) bond motifs is 4. The number of aliphatic hydroxyl groups is 2. The highest BCUT2D eigenvalue weighted by Gasteiger charge is 2.48. The SMILES string of the molecule is C=C[C@H]1CN2CCC1C[C@H]2[C@H](O)C1=c2cc(OC)ccc2=NC(O)(F)C1=O. The molecule has 6 nitrogen and oxygen atoms in total. The quantitative estimate of drug-likeness (QED) is 0.569. The zero-order valence-corrected chi connectivity index (χ0v) is 15.1. The number of piperidine rings is 3. The number of Topliss-reactive ketones (excluding diaryl/α,β-unsaturated/α-hetero) is 1. The molecule has 2 N–H and O–H groups in total. The van der Waals surface area contributed by atoms with Crippen molar-refractivity contribution in [1.29, 1.82) is 0 Å². The summed E-state index contributed by atoms with van der Waals surface area (Å²) >= 11 is 0. The van der Waals surface area contributed by atoms with Gasteiger partial charge in [0.15, 0.2) is 0 Å². The van der Waals surface area contributed by atoms with Crippen molar-refractivity contribution in [3.63, 3.8) is 0 Å². The van der Waals surface area contributed by atoms with Gasteiger partial charge in [-0.05, 0) is 49.4 Å². The summed E-state index contributed by atoms with van der Waals surface area (Å²) in [7, 11) is 1.48. The van der Waals surface area contributed by atoms with Gasteiger partial charge in [-0.15, -0.1) is 6.58 Å². The van der Waals surface area contributed by atoms with E-state index in [2.05, 4.69) is 16.5 Å². The topological polar surface area (TPSA) is 82.4 Å². The van der Waals surface area contributed by atoms with Crippen molar-refractivity contribution in [2.75, 3.05) is 20.2 Å². The molecule has 0 aromatic heterocycles. The maximum Gasteiger partial charge on any atom is 0.370 e. The molecule has 4 aliphatic rings. The van der Waals surface area contributed by atoms with Gasteiger partial charge in [0.2, 0.25) is 0 Å². The molecule has 1 aromatic carbocycles. The van der Waals surface area contributed by atoms with E-state index in [0.29, 0.717) is 29.2 Å². The van der Waals surface area contributed by atoms with Crippen molar-refractivity contribution in [3.8, 4) is 5.75 Å². The van der Waals surface area contributed by atoms with E-state index in [1.54, 1.807) is 12.1 Å². The fourth-order valence-electron chi connectivity index (χ4n) is 4.65. The first-order chi connectivity index (χ1) is 12.9. The van der Waals surface area contributed by atoms with Gasteiger partial charge in [-0.3, -0.25) is 9.69 Å². The average molecular weight is 374 g/mol. The lowest BCUT2D eigenvalue weighted by Gasteiger charge is -2.50. The Morgan fingerprint density at radius 2 is 2.30 bits per heavy atom. The fourth-order valence-corrected chi connectivity index (χ4v) is 4.65. The number of nitrogens with zero attached hydrogens (tertiary/aromatic N) is 2. The molecule has 144 valence electrons. The van der Waals surface area contributed by atoms with Crippen LogP contribution in [-0.2, 0) is 4.79 Å². The van der Waals surface area contributed by atoms with E-state index in [0.717, 1.165) is 19.5 Å². The fraction of sp³-hybridized carbons (Fsp3) is 0.500. The minimum atomic E-state index is -3.37. The predicted octanol–water partition coefficient (Wildman–Crippen LogP) is -0.0789. The molecule has 0 amide bonds. The lowest BCUT2D eigenvalue weighted by atomic mass is 9.73. The Balaban J connectivity index is 1.81. The number of halogens is 1. The molecular weight excluding hydrogens is 351 g/mol. The van der Waals surface area contributed by atoms with Crippen LogP contribution in [0.15, 0.2) is 35.8 Å². The number of benzene rings is 1. The van der Waals surface area contributed by atoms with E-state index in [4.69, 9.17) is 4.74 Å². The molecule has 0 saturated carbocycles. The van der Waals surface area contributed by atoms with Crippen LogP contribution in [0.1, 0.15) is 12.8 Å². The Hall–Kier alpha value is -2.09. The predicted molar refractivity (Wildman–Crippen MR) is 96.0 cm³/mol. The maximum atomic E-state index is 14.5. The van der Waals surface area contributed by atoms with Gasteiger partial charge in [0.1, 0.15) is 5.75 Å². The molecule has 1 aromatic rings. The van der Waals surface area contributed by atoms with Crippen LogP contribution < -0.4 is 15.3 Å². The van der Waals surface area contributed by atoms with Crippen molar-refractivity contribution in [2.24, 2.45) is 16.8 Å². The van der Waals surface area contributed by atoms with Crippen molar-refractivity contribution in [1.82, 2.24) is 4.90 Å². The summed E-state index contributed by atoms with van der Waals surface area (Å²) in [5.41, 5.74) is -0.142. The molecule has 0 spiro atoms. The molecule has 3 unspecified atom stereocenters. The van der Waals surface area contributed by atoms with E-state index in [1.165, 1.54) is 13.2 Å². The first-order valence-corrected chi connectivity index (χ1v) is 9.14. The van der Waals surface area contributed by atoms with Gasteiger partial charge in [0.25, 0.3) is 5.78 Å². The maximum absolute atomic E-state index is 14.5. The Kier molecular flexibility index (Phi) is 4.41. The van der Waals surface area contributed by atoms with Crippen molar-refractivity contribution in [2.45, 2.75) is 31.0 Å². The molecular formula is C20H23FN2O4. The molecule has 3 fully saturated rings. The number of hydrogen-bond donors (Lipinski definition) is 2. The number of rotatable bonds is 4. The highest BCUT2D eigenvalue weighted by molar-refractivity contribution is 6.20. The molecule has 4 heterocycles. The summed E-state index contributed by atoms with van der Waals surface area (Å²) in [6.45, 7) is 5.45. The molecule has 0 aliphatic carbocycles. The summed E-state index contributed by atoms with van der Waals surface area (Å²) in [5.74, 6) is -3.38. The smallest absolute Gasteiger partial charge is 0.370 e. The summed E-state index contributed by atoms with van der Waals surface area (Å²) in [4.78, 5) is 18.3. The third-order valence-corrected chi connectivity index (χ3v) is 6.11. The first kappa shape index (κ1) is 18.3. The van der Waals surface area contributed by atoms with Crippen LogP contribution in [0.3, 0.4) is 0 Å². The molecule has 0 radical (unpaired) electrons. The standard InChI is InChI=1S/C20H23FN2O4/c1-3-11-10-23-7-6-12(11)8-16(23)18(24)17-14-9-13(27-2)4-5-15(14)22-20(21,26)19(17)25/h3-5,9,11-12,16,18,24,26H,1,6-8,10H2,2H3/t11-,12?,16-,18-,20?/m0/s1. The Morgan fingerprint density at radius 3 is 2.93 bits per heavy atom. The highest BCUT2D eigenvalue weighted by Crippen LogP contribution is 2.39. The largest absolute Gasteiger partial charge is 0.497 e. The number of hydrogen-bond acceptors (Lipinski definition) is 6. The number of methoxy groups -OCH3 is 1. The molecule has 7 heteroatoms. The van der Waals surface area contributed by atoms with Crippen LogP contribution in [0.25, 0.3) is 5.57 Å². The second-order valence-electron chi connectivity index (χ2n) is 7.52. The van der Waals surface area contributed by atoms with Gasteiger partial charge in [-0.25, -0.2) is 4.99 Å². The number of ketones is 1. The first-order valence-electron chi connectivity index (χ1n) is 9.14. The Morgan fingerprint density at radius 1 is 1.52 bits per heavy atom.